The summed E-state index contributed by atoms with van der Waals surface area (Å²) < 4.78 is 21.7. The Hall–Kier alpha value is -0.810. The van der Waals surface area contributed by atoms with E-state index in [1.165, 1.54) is 0 Å². The highest BCUT2D eigenvalue weighted by molar-refractivity contribution is 7.24. The minimum absolute atomic E-state index is 0.971. The lowest BCUT2D eigenvalue weighted by Gasteiger charge is -1.60. The first-order valence-electron chi connectivity index (χ1n) is 0.975. The summed E-state index contributed by atoms with van der Waals surface area (Å²) >= 11 is 0. The van der Waals surface area contributed by atoms with E-state index < -0.39 is 7.91 Å². The maximum atomic E-state index is 9.19. The SMILES string of the molecule is N#COP(=O)=O. The van der Waals surface area contributed by atoms with E-state index in [0.29, 0.717) is 0 Å². The number of nitriles is 1. The van der Waals surface area contributed by atoms with Crippen molar-refractivity contribution in [1.82, 2.24) is 0 Å². The number of hydrogen-bond donors (Lipinski definition) is 0. The molecule has 0 fully saturated rings. The first-order chi connectivity index (χ1) is 2.77. The molecule has 0 aliphatic rings. The molecule has 6 heavy (non-hydrogen) atoms. The van der Waals surface area contributed by atoms with Crippen molar-refractivity contribution in [2.75, 3.05) is 0 Å². The first-order valence-corrected chi connectivity index (χ1v) is 2.07. The molecule has 0 saturated carbocycles. The lowest BCUT2D eigenvalue weighted by Crippen LogP contribution is -1.48. The molecule has 0 unspecified atom stereocenters. The highest BCUT2D eigenvalue weighted by atomic mass is 31.1. The summed E-state index contributed by atoms with van der Waals surface area (Å²) in [4.78, 5) is 0. The number of rotatable bonds is 1. The number of nitrogens with zero attached hydrogens (tertiary/aromatic N) is 1. The summed E-state index contributed by atoms with van der Waals surface area (Å²) in [7, 11) is -2.96. The van der Waals surface area contributed by atoms with Crippen molar-refractivity contribution in [2.45, 2.75) is 0 Å². The van der Waals surface area contributed by atoms with Crippen molar-refractivity contribution >= 4 is 7.91 Å². The molecule has 0 saturated heterocycles. The maximum Gasteiger partial charge on any atom is 0.539 e. The van der Waals surface area contributed by atoms with Gasteiger partial charge in [0, 0.05) is 0 Å². The van der Waals surface area contributed by atoms with E-state index in [9.17, 15) is 9.13 Å². The Morgan fingerprint density at radius 2 is 2.17 bits per heavy atom. The van der Waals surface area contributed by atoms with Gasteiger partial charge in [0.05, 0.1) is 0 Å². The zero-order chi connectivity index (χ0) is 4.99. The van der Waals surface area contributed by atoms with Crippen molar-refractivity contribution in [1.29, 1.82) is 5.26 Å². The summed E-state index contributed by atoms with van der Waals surface area (Å²) in [6.45, 7) is 0. The normalized spacial score (nSPS) is 5.83. The molecule has 0 atom stereocenters. The summed E-state index contributed by atoms with van der Waals surface area (Å²) in [5, 5.41) is 7.38. The van der Waals surface area contributed by atoms with Gasteiger partial charge in [-0.1, -0.05) is 0 Å². The Balaban J connectivity index is 3.41. The second kappa shape index (κ2) is 2.43. The largest absolute Gasteiger partial charge is 0.539 e. The molecule has 4 nitrogen and oxygen atoms in total. The van der Waals surface area contributed by atoms with Gasteiger partial charge in [-0.2, -0.15) is 9.13 Å². The van der Waals surface area contributed by atoms with Crippen molar-refractivity contribution < 1.29 is 13.7 Å². The van der Waals surface area contributed by atoms with Crippen molar-refractivity contribution in [2.24, 2.45) is 0 Å². The summed E-state index contributed by atoms with van der Waals surface area (Å²) in [6.07, 6.45) is 0.971. The Morgan fingerprint density at radius 3 is 2.17 bits per heavy atom. The molecule has 0 heterocycles. The topological polar surface area (TPSA) is 67.2 Å². The monoisotopic (exact) mass is 105 g/mol. The van der Waals surface area contributed by atoms with E-state index in [2.05, 4.69) is 4.52 Å². The molecule has 0 aromatic rings. The van der Waals surface area contributed by atoms with Gasteiger partial charge in [-0.15, -0.1) is 5.26 Å². The fourth-order valence-corrected chi connectivity index (χ4v) is 0.100. The molecule has 0 bridgehead atoms. The smallest absolute Gasteiger partial charge is 0.309 e. The molecule has 5 heteroatoms. The van der Waals surface area contributed by atoms with Gasteiger partial charge in [0.25, 0.3) is 6.26 Å². The van der Waals surface area contributed by atoms with Crippen LogP contribution in [0.15, 0.2) is 0 Å². The molecule has 0 aliphatic heterocycles. The predicted octanol–water partition coefficient (Wildman–Crippen LogP) is 0.572. The molecule has 0 aromatic carbocycles. The average Bonchev–Trinajstić information content (AvgIpc) is 1.35. The van der Waals surface area contributed by atoms with Gasteiger partial charge < -0.3 is 4.52 Å². The van der Waals surface area contributed by atoms with E-state index >= 15 is 0 Å². The van der Waals surface area contributed by atoms with E-state index in [4.69, 9.17) is 5.26 Å². The van der Waals surface area contributed by atoms with Crippen LogP contribution in [0.5, 0.6) is 0 Å². The molecule has 0 rings (SSSR count). The van der Waals surface area contributed by atoms with Crippen LogP contribution in [-0.4, -0.2) is 0 Å². The van der Waals surface area contributed by atoms with E-state index in [0.717, 1.165) is 6.26 Å². The molecular formula is CNO3P. The second-order valence-electron chi connectivity index (χ2n) is 0.406. The molecule has 0 spiro atoms. The fraction of sp³-hybridized carbons (Fsp3) is 0. The maximum absolute atomic E-state index is 9.19. The lowest BCUT2D eigenvalue weighted by molar-refractivity contribution is 0.418. The number of hydrogen-bond acceptors (Lipinski definition) is 4. The van der Waals surface area contributed by atoms with Gasteiger partial charge in [0.15, 0.2) is 0 Å². The highest BCUT2D eigenvalue weighted by Gasteiger charge is 1.79. The van der Waals surface area contributed by atoms with Crippen LogP contribution < -0.4 is 0 Å². The third kappa shape index (κ3) is 3.19. The minimum Gasteiger partial charge on any atom is -0.309 e. The van der Waals surface area contributed by atoms with Crippen LogP contribution in [0.25, 0.3) is 0 Å². The van der Waals surface area contributed by atoms with Gasteiger partial charge in [-0.3, -0.25) is 0 Å². The van der Waals surface area contributed by atoms with Crippen LogP contribution in [0.2, 0.25) is 0 Å². The van der Waals surface area contributed by atoms with Crippen LogP contribution in [0.3, 0.4) is 0 Å². The second-order valence-corrected chi connectivity index (χ2v) is 1.04. The van der Waals surface area contributed by atoms with Crippen LogP contribution in [0.4, 0.5) is 0 Å². The predicted molar refractivity (Wildman–Crippen MR) is 15.0 cm³/mol. The van der Waals surface area contributed by atoms with Gasteiger partial charge in [0.1, 0.15) is 0 Å². The van der Waals surface area contributed by atoms with Crippen LogP contribution in [-0.2, 0) is 13.7 Å². The Kier molecular flexibility index (Phi) is 2.10. The minimum atomic E-state index is -2.96. The summed E-state index contributed by atoms with van der Waals surface area (Å²) in [6, 6.07) is 0. The quantitative estimate of drug-likeness (QED) is 0.361. The fourth-order valence-electron chi connectivity index (χ4n) is 0.0333. The molecule has 0 N–H and O–H groups in total. The van der Waals surface area contributed by atoms with Crippen LogP contribution >= 0.6 is 7.91 Å². The third-order valence-electron chi connectivity index (χ3n) is 0.115. The Bertz CT molecular complexity index is 122. The molecule has 32 valence electrons. The molecule has 0 aliphatic carbocycles. The van der Waals surface area contributed by atoms with Crippen LogP contribution in [0, 0.1) is 11.5 Å². The molecule has 0 amide bonds. The third-order valence-corrected chi connectivity index (χ3v) is 0.346. The van der Waals surface area contributed by atoms with Gasteiger partial charge in [-0.25, -0.2) is 0 Å². The molecule has 0 radical (unpaired) electrons. The Labute approximate surface area is 34.2 Å². The van der Waals surface area contributed by atoms with E-state index in [1.54, 1.807) is 0 Å². The molecule has 0 aromatic heterocycles. The van der Waals surface area contributed by atoms with Crippen molar-refractivity contribution in [3.8, 4) is 6.26 Å². The zero-order valence-corrected chi connectivity index (χ0v) is 3.51. The van der Waals surface area contributed by atoms with Gasteiger partial charge >= 0.3 is 7.91 Å². The van der Waals surface area contributed by atoms with E-state index in [1.807, 2.05) is 0 Å². The highest BCUT2D eigenvalue weighted by Crippen LogP contribution is 2.00. The van der Waals surface area contributed by atoms with E-state index in [-0.39, 0.29) is 0 Å². The lowest BCUT2D eigenvalue weighted by atomic mass is 11.6. The molecular weight excluding hydrogens is 105 g/mol. The zero-order valence-electron chi connectivity index (χ0n) is 2.62. The summed E-state index contributed by atoms with van der Waals surface area (Å²) in [5.41, 5.74) is 0. The first kappa shape index (κ1) is 5.19. The van der Waals surface area contributed by atoms with Gasteiger partial charge in [-0.05, 0) is 0 Å². The van der Waals surface area contributed by atoms with Crippen molar-refractivity contribution in [3.63, 3.8) is 0 Å². The average molecular weight is 105 g/mol. The van der Waals surface area contributed by atoms with Crippen LogP contribution in [0.1, 0.15) is 0 Å². The Morgan fingerprint density at radius 1 is 1.67 bits per heavy atom. The summed E-state index contributed by atoms with van der Waals surface area (Å²) in [5.74, 6) is 0. The standard InChI is InChI=1S/CNO3P/c2-1-5-6(3)4. The van der Waals surface area contributed by atoms with Gasteiger partial charge in [0.2, 0.25) is 0 Å². The van der Waals surface area contributed by atoms with Crippen molar-refractivity contribution in [3.05, 3.63) is 0 Å².